The van der Waals surface area contributed by atoms with Crippen molar-refractivity contribution in [3.05, 3.63) is 24.0 Å². The first-order valence-electron chi connectivity index (χ1n) is 6.95. The molecule has 1 aromatic heterocycles. The van der Waals surface area contributed by atoms with Crippen molar-refractivity contribution in [3.63, 3.8) is 0 Å². The van der Waals surface area contributed by atoms with Gasteiger partial charge in [0.2, 0.25) is 0 Å². The Balaban J connectivity index is 1.55. The molecular formula is C14H20N4O. The Labute approximate surface area is 113 Å². The van der Waals surface area contributed by atoms with Gasteiger partial charge < -0.3 is 10.6 Å². The number of anilines is 1. The highest BCUT2D eigenvalue weighted by Crippen LogP contribution is 2.29. The second kappa shape index (κ2) is 5.17. The fourth-order valence-corrected chi connectivity index (χ4v) is 2.49. The third-order valence-electron chi connectivity index (χ3n) is 3.88. The van der Waals surface area contributed by atoms with Gasteiger partial charge in [-0.3, -0.25) is 9.69 Å². The van der Waals surface area contributed by atoms with E-state index in [1.54, 1.807) is 12.1 Å². The molecule has 1 aromatic rings. The van der Waals surface area contributed by atoms with Gasteiger partial charge >= 0.3 is 0 Å². The van der Waals surface area contributed by atoms with Gasteiger partial charge in [0.05, 0.1) is 11.9 Å². The summed E-state index contributed by atoms with van der Waals surface area (Å²) in [6, 6.07) is 3.43. The summed E-state index contributed by atoms with van der Waals surface area (Å²) < 4.78 is 0. The van der Waals surface area contributed by atoms with Crippen LogP contribution in [0.5, 0.6) is 0 Å². The molecule has 1 aliphatic heterocycles. The molecule has 102 valence electrons. The summed E-state index contributed by atoms with van der Waals surface area (Å²) >= 11 is 0. The number of nitrogens with two attached hydrogens (primary N) is 1. The average molecular weight is 260 g/mol. The highest BCUT2D eigenvalue weighted by Gasteiger charge is 2.28. The normalized spacial score (nSPS) is 20.5. The minimum Gasteiger partial charge on any atom is -0.397 e. The molecule has 0 unspecified atom stereocenters. The van der Waals surface area contributed by atoms with E-state index < -0.39 is 0 Å². The average Bonchev–Trinajstić information content (AvgIpc) is 3.24. The smallest absolute Gasteiger partial charge is 0.272 e. The lowest BCUT2D eigenvalue weighted by molar-refractivity contribution is 0.0626. The minimum absolute atomic E-state index is 0.0195. The SMILES string of the molecule is Nc1ccc(C(=O)N2CCN(CC3CC3)CC2)nc1. The molecular weight excluding hydrogens is 240 g/mol. The number of nitrogens with zero attached hydrogens (tertiary/aromatic N) is 3. The van der Waals surface area contributed by atoms with E-state index in [1.165, 1.54) is 25.6 Å². The predicted molar refractivity (Wildman–Crippen MR) is 73.7 cm³/mol. The van der Waals surface area contributed by atoms with Crippen molar-refractivity contribution in [2.24, 2.45) is 5.92 Å². The highest BCUT2D eigenvalue weighted by molar-refractivity contribution is 5.92. The van der Waals surface area contributed by atoms with Crippen LogP contribution < -0.4 is 5.73 Å². The van der Waals surface area contributed by atoms with Gasteiger partial charge in [-0.1, -0.05) is 0 Å². The van der Waals surface area contributed by atoms with Crippen molar-refractivity contribution in [1.82, 2.24) is 14.8 Å². The fourth-order valence-electron chi connectivity index (χ4n) is 2.49. The number of hydrogen-bond donors (Lipinski definition) is 1. The topological polar surface area (TPSA) is 62.5 Å². The van der Waals surface area contributed by atoms with Gasteiger partial charge in [-0.05, 0) is 30.9 Å². The van der Waals surface area contributed by atoms with Gasteiger partial charge in [0.1, 0.15) is 5.69 Å². The van der Waals surface area contributed by atoms with Crippen LogP contribution in [0, 0.1) is 5.92 Å². The fraction of sp³-hybridized carbons (Fsp3) is 0.571. The summed E-state index contributed by atoms with van der Waals surface area (Å²) in [5.74, 6) is 0.937. The maximum atomic E-state index is 12.3. The Hall–Kier alpha value is -1.62. The van der Waals surface area contributed by atoms with Gasteiger partial charge in [-0.15, -0.1) is 0 Å². The van der Waals surface area contributed by atoms with Gasteiger partial charge in [0.15, 0.2) is 0 Å². The molecule has 1 aliphatic carbocycles. The Bertz CT molecular complexity index is 447. The van der Waals surface area contributed by atoms with E-state index in [0.29, 0.717) is 11.4 Å². The molecule has 5 nitrogen and oxygen atoms in total. The van der Waals surface area contributed by atoms with E-state index in [4.69, 9.17) is 5.73 Å². The summed E-state index contributed by atoms with van der Waals surface area (Å²) in [5, 5.41) is 0. The van der Waals surface area contributed by atoms with E-state index in [9.17, 15) is 4.79 Å². The van der Waals surface area contributed by atoms with Crippen molar-refractivity contribution in [3.8, 4) is 0 Å². The molecule has 1 amide bonds. The molecule has 0 radical (unpaired) electrons. The van der Waals surface area contributed by atoms with Crippen LogP contribution in [0.2, 0.25) is 0 Å². The zero-order valence-corrected chi connectivity index (χ0v) is 11.1. The molecule has 2 aliphatic rings. The van der Waals surface area contributed by atoms with Crippen LogP contribution >= 0.6 is 0 Å². The molecule has 19 heavy (non-hydrogen) atoms. The predicted octanol–water partition coefficient (Wildman–Crippen LogP) is 0.832. The first kappa shape index (κ1) is 12.4. The quantitative estimate of drug-likeness (QED) is 0.874. The maximum absolute atomic E-state index is 12.3. The molecule has 0 aromatic carbocycles. The minimum atomic E-state index is 0.0195. The number of hydrogen-bond acceptors (Lipinski definition) is 4. The van der Waals surface area contributed by atoms with Crippen LogP contribution in [0.4, 0.5) is 5.69 Å². The number of rotatable bonds is 3. The second-order valence-electron chi connectivity index (χ2n) is 5.51. The molecule has 1 saturated heterocycles. The van der Waals surface area contributed by atoms with Gasteiger partial charge in [0.25, 0.3) is 5.91 Å². The van der Waals surface area contributed by atoms with E-state index >= 15 is 0 Å². The van der Waals surface area contributed by atoms with Crippen LogP contribution in [0.25, 0.3) is 0 Å². The third-order valence-corrected chi connectivity index (χ3v) is 3.88. The lowest BCUT2D eigenvalue weighted by atomic mass is 10.2. The van der Waals surface area contributed by atoms with E-state index in [1.807, 2.05) is 4.90 Å². The lowest BCUT2D eigenvalue weighted by Crippen LogP contribution is -2.49. The monoisotopic (exact) mass is 260 g/mol. The van der Waals surface area contributed by atoms with Crippen molar-refractivity contribution in [2.45, 2.75) is 12.8 Å². The van der Waals surface area contributed by atoms with E-state index in [2.05, 4.69) is 9.88 Å². The number of amides is 1. The van der Waals surface area contributed by atoms with Crippen LogP contribution in [0.1, 0.15) is 23.3 Å². The Morgan fingerprint density at radius 2 is 2.00 bits per heavy atom. The highest BCUT2D eigenvalue weighted by atomic mass is 16.2. The second-order valence-corrected chi connectivity index (χ2v) is 5.51. The van der Waals surface area contributed by atoms with E-state index in [-0.39, 0.29) is 5.91 Å². The largest absolute Gasteiger partial charge is 0.397 e. The molecule has 2 fully saturated rings. The lowest BCUT2D eigenvalue weighted by Gasteiger charge is -2.34. The number of aromatic nitrogens is 1. The molecule has 0 atom stereocenters. The summed E-state index contributed by atoms with van der Waals surface area (Å²) in [5.41, 5.74) is 6.66. The third kappa shape index (κ3) is 3.04. The first-order valence-corrected chi connectivity index (χ1v) is 6.95. The Morgan fingerprint density at radius 3 is 2.58 bits per heavy atom. The zero-order valence-electron chi connectivity index (χ0n) is 11.1. The summed E-state index contributed by atoms with van der Waals surface area (Å²) in [6.45, 7) is 4.78. The number of nitrogen functional groups attached to an aromatic ring is 1. The summed E-state index contributed by atoms with van der Waals surface area (Å²) in [7, 11) is 0. The van der Waals surface area contributed by atoms with Gasteiger partial charge in [0, 0.05) is 32.7 Å². The van der Waals surface area contributed by atoms with Gasteiger partial charge in [-0.2, -0.15) is 0 Å². The van der Waals surface area contributed by atoms with Crippen LogP contribution in [-0.2, 0) is 0 Å². The summed E-state index contributed by atoms with van der Waals surface area (Å²) in [6.07, 6.45) is 4.31. The van der Waals surface area contributed by atoms with Crippen molar-refractivity contribution >= 4 is 11.6 Å². The number of piperazine rings is 1. The van der Waals surface area contributed by atoms with Crippen molar-refractivity contribution < 1.29 is 4.79 Å². The molecule has 5 heteroatoms. The number of pyridine rings is 1. The van der Waals surface area contributed by atoms with Gasteiger partial charge in [-0.25, -0.2) is 4.98 Å². The number of carbonyl (C=O) groups excluding carboxylic acids is 1. The van der Waals surface area contributed by atoms with Crippen molar-refractivity contribution in [1.29, 1.82) is 0 Å². The molecule has 0 spiro atoms. The molecule has 0 bridgehead atoms. The standard InChI is InChI=1S/C14H20N4O/c15-12-3-4-13(16-9-12)14(19)18-7-5-17(6-8-18)10-11-1-2-11/h3-4,9,11H,1-2,5-8,10,15H2. The maximum Gasteiger partial charge on any atom is 0.272 e. The Morgan fingerprint density at radius 1 is 1.26 bits per heavy atom. The zero-order chi connectivity index (χ0) is 13.2. The number of carbonyl (C=O) groups is 1. The van der Waals surface area contributed by atoms with Crippen LogP contribution in [0.3, 0.4) is 0 Å². The van der Waals surface area contributed by atoms with E-state index in [0.717, 1.165) is 32.1 Å². The molecule has 3 rings (SSSR count). The molecule has 2 N–H and O–H groups in total. The van der Waals surface area contributed by atoms with Crippen LogP contribution in [0.15, 0.2) is 18.3 Å². The Kier molecular flexibility index (Phi) is 3.38. The van der Waals surface area contributed by atoms with Crippen LogP contribution in [-0.4, -0.2) is 53.4 Å². The summed E-state index contributed by atoms with van der Waals surface area (Å²) in [4.78, 5) is 20.7. The van der Waals surface area contributed by atoms with Crippen molar-refractivity contribution in [2.75, 3.05) is 38.5 Å². The first-order chi connectivity index (χ1) is 9.22. The molecule has 1 saturated carbocycles. The molecule has 2 heterocycles.